The molecular weight excluding hydrogens is 344 g/mol. The van der Waals surface area contributed by atoms with Crippen molar-refractivity contribution < 1.29 is 14.3 Å². The quantitative estimate of drug-likeness (QED) is 0.823. The van der Waals surface area contributed by atoms with Crippen LogP contribution in [0.25, 0.3) is 0 Å². The van der Waals surface area contributed by atoms with Crippen LogP contribution >= 0.6 is 0 Å². The van der Waals surface area contributed by atoms with Gasteiger partial charge in [-0.05, 0) is 30.5 Å². The third kappa shape index (κ3) is 3.82. The van der Waals surface area contributed by atoms with Crippen LogP contribution in [0.5, 0.6) is 11.5 Å². The lowest BCUT2D eigenvalue weighted by Crippen LogP contribution is -2.42. The van der Waals surface area contributed by atoms with Crippen LogP contribution in [0.3, 0.4) is 0 Å². The largest absolute Gasteiger partial charge is 0.497 e. The van der Waals surface area contributed by atoms with Crippen LogP contribution in [0.1, 0.15) is 12.0 Å². The number of amides is 1. The van der Waals surface area contributed by atoms with Crippen molar-refractivity contribution in [3.05, 3.63) is 42.2 Å². The smallest absolute Gasteiger partial charge is 0.229 e. The Bertz CT molecular complexity index is 799. The van der Waals surface area contributed by atoms with Crippen molar-refractivity contribution in [1.82, 2.24) is 14.9 Å². The second kappa shape index (κ2) is 7.82. The number of anilines is 1. The van der Waals surface area contributed by atoms with Crippen LogP contribution < -0.4 is 14.4 Å². The van der Waals surface area contributed by atoms with Crippen LogP contribution in [0.15, 0.2) is 36.7 Å². The molecular formula is C20H24N4O3. The van der Waals surface area contributed by atoms with Gasteiger partial charge in [-0.1, -0.05) is 6.07 Å². The Labute approximate surface area is 158 Å². The summed E-state index contributed by atoms with van der Waals surface area (Å²) in [5.74, 6) is 2.37. The molecule has 0 bridgehead atoms. The number of benzene rings is 1. The first kappa shape index (κ1) is 17.6. The molecule has 0 N–H and O–H groups in total. The maximum Gasteiger partial charge on any atom is 0.229 e. The normalized spacial score (nSPS) is 19.7. The van der Waals surface area contributed by atoms with E-state index in [-0.39, 0.29) is 11.8 Å². The van der Waals surface area contributed by atoms with Gasteiger partial charge in [0.15, 0.2) is 0 Å². The van der Waals surface area contributed by atoms with Crippen molar-refractivity contribution in [3.63, 3.8) is 0 Å². The Hall–Kier alpha value is -2.83. The predicted octanol–water partition coefficient (Wildman–Crippen LogP) is 1.78. The van der Waals surface area contributed by atoms with Crippen LogP contribution in [0.4, 0.5) is 5.95 Å². The van der Waals surface area contributed by atoms with Crippen LogP contribution in [-0.4, -0.2) is 60.7 Å². The molecule has 142 valence electrons. The van der Waals surface area contributed by atoms with Crippen LogP contribution in [0.2, 0.25) is 0 Å². The molecule has 0 radical (unpaired) electrons. The van der Waals surface area contributed by atoms with E-state index in [1.807, 2.05) is 29.2 Å². The Morgan fingerprint density at radius 1 is 1.19 bits per heavy atom. The number of hydrogen-bond acceptors (Lipinski definition) is 6. The molecule has 7 nitrogen and oxygen atoms in total. The van der Waals surface area contributed by atoms with E-state index in [1.54, 1.807) is 19.5 Å². The van der Waals surface area contributed by atoms with E-state index in [0.717, 1.165) is 49.1 Å². The molecule has 2 aliphatic rings. The maximum absolute atomic E-state index is 13.1. The summed E-state index contributed by atoms with van der Waals surface area (Å²) >= 11 is 0. The fourth-order valence-electron chi connectivity index (χ4n) is 3.69. The number of nitrogens with zero attached hydrogens (tertiary/aromatic N) is 4. The van der Waals surface area contributed by atoms with Crippen molar-refractivity contribution in [2.45, 2.75) is 12.8 Å². The highest BCUT2D eigenvalue weighted by molar-refractivity contribution is 5.80. The van der Waals surface area contributed by atoms with Crippen molar-refractivity contribution in [2.24, 2.45) is 5.92 Å². The van der Waals surface area contributed by atoms with E-state index in [1.165, 1.54) is 0 Å². The lowest BCUT2D eigenvalue weighted by molar-refractivity contribution is -0.136. The average Bonchev–Trinajstić information content (AvgIpc) is 2.99. The molecule has 27 heavy (non-hydrogen) atoms. The molecule has 1 aromatic carbocycles. The highest BCUT2D eigenvalue weighted by atomic mass is 16.5. The van der Waals surface area contributed by atoms with Gasteiger partial charge < -0.3 is 19.3 Å². The number of aromatic nitrogens is 2. The number of methoxy groups -OCH3 is 1. The standard InChI is InChI=1S/C20H24N4O3/c1-26-17-5-4-15-12-16(14-27-18(15)13-17)19(25)23-8-3-9-24(11-10-23)20-21-6-2-7-22-20/h2,4-7,13,16H,3,8-12,14H2,1H3. The van der Waals surface area contributed by atoms with Gasteiger partial charge in [-0.15, -0.1) is 0 Å². The first-order chi connectivity index (χ1) is 13.2. The molecule has 4 rings (SSSR count). The minimum absolute atomic E-state index is 0.134. The number of carbonyl (C=O) groups is 1. The molecule has 0 aliphatic carbocycles. The first-order valence-electron chi connectivity index (χ1n) is 9.35. The average molecular weight is 368 g/mol. The molecule has 1 fully saturated rings. The molecule has 1 amide bonds. The van der Waals surface area contributed by atoms with Crippen molar-refractivity contribution in [2.75, 3.05) is 44.8 Å². The first-order valence-corrected chi connectivity index (χ1v) is 9.35. The third-order valence-corrected chi connectivity index (χ3v) is 5.17. The summed E-state index contributed by atoms with van der Waals surface area (Å²) in [6.07, 6.45) is 5.12. The molecule has 0 spiro atoms. The highest BCUT2D eigenvalue weighted by Crippen LogP contribution is 2.31. The summed E-state index contributed by atoms with van der Waals surface area (Å²) < 4.78 is 11.1. The highest BCUT2D eigenvalue weighted by Gasteiger charge is 2.31. The SMILES string of the molecule is COc1ccc2c(c1)OCC(C(=O)N1CCCN(c3ncccn3)CC1)C2. The number of rotatable bonds is 3. The second-order valence-electron chi connectivity index (χ2n) is 6.90. The summed E-state index contributed by atoms with van der Waals surface area (Å²) in [6.45, 7) is 3.47. The molecule has 3 heterocycles. The molecule has 1 saturated heterocycles. The van der Waals surface area contributed by atoms with Gasteiger partial charge in [0.2, 0.25) is 11.9 Å². The summed E-state index contributed by atoms with van der Waals surface area (Å²) in [7, 11) is 1.64. The minimum Gasteiger partial charge on any atom is -0.497 e. The van der Waals surface area contributed by atoms with Crippen molar-refractivity contribution in [1.29, 1.82) is 0 Å². The lowest BCUT2D eigenvalue weighted by atomic mass is 9.95. The number of ether oxygens (including phenoxy) is 2. The topological polar surface area (TPSA) is 67.8 Å². The van der Waals surface area contributed by atoms with E-state index in [4.69, 9.17) is 9.47 Å². The van der Waals surface area contributed by atoms with E-state index < -0.39 is 0 Å². The third-order valence-electron chi connectivity index (χ3n) is 5.17. The fourth-order valence-corrected chi connectivity index (χ4v) is 3.69. The number of carbonyl (C=O) groups excluding carboxylic acids is 1. The predicted molar refractivity (Wildman–Crippen MR) is 101 cm³/mol. The molecule has 7 heteroatoms. The van der Waals surface area contributed by atoms with E-state index in [9.17, 15) is 4.79 Å². The molecule has 1 atom stereocenters. The summed E-state index contributed by atoms with van der Waals surface area (Å²) in [5, 5.41) is 0. The molecule has 1 aromatic heterocycles. The van der Waals surface area contributed by atoms with E-state index in [2.05, 4.69) is 14.9 Å². The zero-order chi connectivity index (χ0) is 18.6. The molecule has 1 unspecified atom stereocenters. The van der Waals surface area contributed by atoms with Gasteiger partial charge in [-0.25, -0.2) is 9.97 Å². The van der Waals surface area contributed by atoms with Gasteiger partial charge >= 0.3 is 0 Å². The van der Waals surface area contributed by atoms with Crippen LogP contribution in [-0.2, 0) is 11.2 Å². The Morgan fingerprint density at radius 3 is 2.85 bits per heavy atom. The number of fused-ring (bicyclic) bond motifs is 1. The van der Waals surface area contributed by atoms with Gasteiger partial charge in [-0.2, -0.15) is 0 Å². The zero-order valence-electron chi connectivity index (χ0n) is 15.5. The van der Waals surface area contributed by atoms with Gasteiger partial charge in [-0.3, -0.25) is 4.79 Å². The summed E-state index contributed by atoms with van der Waals surface area (Å²) in [6, 6.07) is 7.61. The summed E-state index contributed by atoms with van der Waals surface area (Å²) in [5.41, 5.74) is 1.06. The molecule has 0 saturated carbocycles. The maximum atomic E-state index is 13.1. The van der Waals surface area contributed by atoms with Gasteiger partial charge in [0.25, 0.3) is 0 Å². The zero-order valence-corrected chi connectivity index (χ0v) is 15.5. The van der Waals surface area contributed by atoms with Gasteiger partial charge in [0.05, 0.1) is 13.0 Å². The molecule has 2 aliphatic heterocycles. The van der Waals surface area contributed by atoms with E-state index in [0.29, 0.717) is 19.6 Å². The Kier molecular flexibility index (Phi) is 5.09. The monoisotopic (exact) mass is 368 g/mol. The lowest BCUT2D eigenvalue weighted by Gasteiger charge is -2.30. The van der Waals surface area contributed by atoms with Crippen LogP contribution in [0, 0.1) is 5.92 Å². The number of hydrogen-bond donors (Lipinski definition) is 0. The second-order valence-corrected chi connectivity index (χ2v) is 6.90. The fraction of sp³-hybridized carbons (Fsp3) is 0.450. The van der Waals surface area contributed by atoms with Crippen molar-refractivity contribution in [3.8, 4) is 11.5 Å². The van der Waals surface area contributed by atoms with Crippen molar-refractivity contribution >= 4 is 11.9 Å². The summed E-state index contributed by atoms with van der Waals surface area (Å²) in [4.78, 5) is 25.8. The Balaban J connectivity index is 1.39. The minimum atomic E-state index is -0.134. The van der Waals surface area contributed by atoms with Gasteiger partial charge in [0.1, 0.15) is 18.1 Å². The van der Waals surface area contributed by atoms with E-state index >= 15 is 0 Å². The Morgan fingerprint density at radius 2 is 2.04 bits per heavy atom. The van der Waals surface area contributed by atoms with Gasteiger partial charge in [0, 0.05) is 44.6 Å². The molecule has 2 aromatic rings.